The highest BCUT2D eigenvalue weighted by molar-refractivity contribution is 7.20. The van der Waals surface area contributed by atoms with Crippen LogP contribution in [0.5, 0.6) is 0 Å². The summed E-state index contributed by atoms with van der Waals surface area (Å²) in [5, 5.41) is 18.9. The van der Waals surface area contributed by atoms with Crippen LogP contribution in [0, 0.1) is 31.8 Å². The van der Waals surface area contributed by atoms with E-state index in [-0.39, 0.29) is 0 Å². The highest BCUT2D eigenvalue weighted by atomic mass is 32.1. The number of nitriles is 1. The molecule has 0 amide bonds. The second-order valence-electron chi connectivity index (χ2n) is 6.69. The molecule has 0 spiro atoms. The van der Waals surface area contributed by atoms with Gasteiger partial charge in [0.25, 0.3) is 0 Å². The topological polar surface area (TPSA) is 83.8 Å². The Kier molecular flexibility index (Phi) is 10.1. The van der Waals surface area contributed by atoms with Crippen LogP contribution in [-0.2, 0) is 14.2 Å². The van der Waals surface area contributed by atoms with E-state index < -0.39 is 0 Å². The lowest BCUT2D eigenvalue weighted by Gasteiger charge is -2.25. The zero-order valence-corrected chi connectivity index (χ0v) is 19.2. The molecule has 2 rings (SSSR count). The zero-order valence-electron chi connectivity index (χ0n) is 18.3. The van der Waals surface area contributed by atoms with E-state index in [2.05, 4.69) is 32.1 Å². The Morgan fingerprint density at radius 3 is 2.48 bits per heavy atom. The first kappa shape index (κ1) is 24.4. The zero-order chi connectivity index (χ0) is 22.6. The van der Waals surface area contributed by atoms with Crippen LogP contribution in [0.1, 0.15) is 16.7 Å². The monoisotopic (exact) mass is 441 g/mol. The van der Waals surface area contributed by atoms with Crippen LogP contribution in [0.3, 0.4) is 0 Å². The number of azo groups is 1. The molecule has 0 aliphatic carbocycles. The van der Waals surface area contributed by atoms with Crippen LogP contribution in [0.25, 0.3) is 4.85 Å². The highest BCUT2D eigenvalue weighted by Crippen LogP contribution is 2.41. The fourth-order valence-corrected chi connectivity index (χ4v) is 3.70. The van der Waals surface area contributed by atoms with Gasteiger partial charge in [0.15, 0.2) is 0 Å². The summed E-state index contributed by atoms with van der Waals surface area (Å²) < 4.78 is 15.8. The number of hydrogen-bond acceptors (Lipinski definition) is 8. The third-order valence-corrected chi connectivity index (χ3v) is 5.68. The summed E-state index contributed by atoms with van der Waals surface area (Å²) in [5.41, 5.74) is 3.79. The Balaban J connectivity index is 2.16. The summed E-state index contributed by atoms with van der Waals surface area (Å²) in [7, 11) is 3.34. The Bertz CT molecular complexity index is 975. The maximum Gasteiger partial charge on any atom is 0.247 e. The maximum atomic E-state index is 9.37. The van der Waals surface area contributed by atoms with E-state index in [1.165, 1.54) is 11.3 Å². The number of thiophene rings is 1. The molecule has 0 fully saturated rings. The minimum Gasteiger partial charge on any atom is -0.383 e. The van der Waals surface area contributed by atoms with Gasteiger partial charge in [-0.25, -0.2) is 4.85 Å². The number of benzene rings is 1. The fourth-order valence-electron chi connectivity index (χ4n) is 2.83. The number of nitrogens with zero attached hydrogens (tertiary/aromatic N) is 5. The number of hydrogen-bond donors (Lipinski definition) is 0. The molecule has 8 nitrogen and oxygen atoms in total. The maximum absolute atomic E-state index is 9.37. The van der Waals surface area contributed by atoms with Gasteiger partial charge < -0.3 is 19.1 Å². The van der Waals surface area contributed by atoms with Gasteiger partial charge in [0.05, 0.1) is 44.3 Å². The van der Waals surface area contributed by atoms with Crippen molar-refractivity contribution >= 4 is 32.7 Å². The molecule has 0 saturated heterocycles. The van der Waals surface area contributed by atoms with Crippen LogP contribution in [0.4, 0.5) is 21.4 Å². The summed E-state index contributed by atoms with van der Waals surface area (Å²) in [4.78, 5) is 5.65. The number of methoxy groups -OCH3 is 2. The standard InChI is InChI=1S/C22H27N5O3S/c1-16-14-18(27(8-10-28-4)9-11-30-13-12-29-5)6-7-20(16)25-26-22-19(15-23)17(2)21(24-3)31-22/h6-7,14H,8-13H2,1-2,4-5H3. The molecule has 0 aliphatic rings. The second-order valence-corrected chi connectivity index (χ2v) is 7.67. The predicted octanol–water partition coefficient (Wildman–Crippen LogP) is 5.32. The van der Waals surface area contributed by atoms with Crippen LogP contribution in [0.15, 0.2) is 28.4 Å². The molecule has 0 aliphatic heterocycles. The average molecular weight is 442 g/mol. The lowest BCUT2D eigenvalue weighted by Crippen LogP contribution is -2.31. The molecule has 0 saturated carbocycles. The van der Waals surface area contributed by atoms with E-state index in [0.29, 0.717) is 53.2 Å². The first-order chi connectivity index (χ1) is 15.0. The van der Waals surface area contributed by atoms with Gasteiger partial charge in [-0.3, -0.25) is 0 Å². The van der Waals surface area contributed by atoms with Crippen LogP contribution < -0.4 is 4.90 Å². The average Bonchev–Trinajstić information content (AvgIpc) is 3.09. The van der Waals surface area contributed by atoms with Gasteiger partial charge in [-0.1, -0.05) is 0 Å². The van der Waals surface area contributed by atoms with Crippen molar-refractivity contribution in [1.82, 2.24) is 0 Å². The van der Waals surface area contributed by atoms with Crippen molar-refractivity contribution in [2.45, 2.75) is 13.8 Å². The van der Waals surface area contributed by atoms with Crippen molar-refractivity contribution in [2.75, 3.05) is 58.6 Å². The van der Waals surface area contributed by atoms with E-state index in [9.17, 15) is 5.26 Å². The van der Waals surface area contributed by atoms with E-state index in [0.717, 1.165) is 24.3 Å². The first-order valence-electron chi connectivity index (χ1n) is 9.79. The van der Waals surface area contributed by atoms with Crippen molar-refractivity contribution in [3.8, 4) is 6.07 Å². The van der Waals surface area contributed by atoms with Gasteiger partial charge in [0.2, 0.25) is 5.00 Å². The molecule has 2 aromatic rings. The smallest absolute Gasteiger partial charge is 0.247 e. The van der Waals surface area contributed by atoms with Gasteiger partial charge in [-0.15, -0.1) is 21.6 Å². The lowest BCUT2D eigenvalue weighted by atomic mass is 10.1. The molecule has 0 atom stereocenters. The van der Waals surface area contributed by atoms with Crippen molar-refractivity contribution in [2.24, 2.45) is 10.2 Å². The van der Waals surface area contributed by atoms with Gasteiger partial charge >= 0.3 is 0 Å². The molecule has 31 heavy (non-hydrogen) atoms. The molecule has 1 aromatic carbocycles. The van der Waals surface area contributed by atoms with Crippen molar-refractivity contribution in [1.29, 1.82) is 5.26 Å². The fraction of sp³-hybridized carbons (Fsp3) is 0.455. The normalized spacial score (nSPS) is 10.9. The van der Waals surface area contributed by atoms with Gasteiger partial charge in [0, 0.05) is 33.0 Å². The Morgan fingerprint density at radius 1 is 1.10 bits per heavy atom. The molecular formula is C22H27N5O3S. The molecular weight excluding hydrogens is 414 g/mol. The molecule has 0 radical (unpaired) electrons. The summed E-state index contributed by atoms with van der Waals surface area (Å²) in [6, 6.07) is 8.06. The van der Waals surface area contributed by atoms with Crippen LogP contribution in [-0.4, -0.2) is 53.7 Å². The minimum absolute atomic E-state index is 0.410. The summed E-state index contributed by atoms with van der Waals surface area (Å²) in [6.07, 6.45) is 0. The Morgan fingerprint density at radius 2 is 1.84 bits per heavy atom. The van der Waals surface area contributed by atoms with Crippen LogP contribution >= 0.6 is 11.3 Å². The quantitative estimate of drug-likeness (QED) is 0.253. The molecule has 0 N–H and O–H groups in total. The molecule has 9 heteroatoms. The Hall–Kier alpha value is -2.82. The van der Waals surface area contributed by atoms with E-state index in [1.807, 2.05) is 19.1 Å². The number of anilines is 1. The van der Waals surface area contributed by atoms with Crippen LogP contribution in [0.2, 0.25) is 0 Å². The molecule has 0 bridgehead atoms. The molecule has 1 aromatic heterocycles. The van der Waals surface area contributed by atoms with E-state index in [4.69, 9.17) is 20.8 Å². The van der Waals surface area contributed by atoms with Crippen molar-refractivity contribution in [3.05, 3.63) is 46.3 Å². The van der Waals surface area contributed by atoms with Gasteiger partial charge in [-0.05, 0) is 43.2 Å². The Labute approximate surface area is 187 Å². The summed E-state index contributed by atoms with van der Waals surface area (Å²) in [5.74, 6) is 0. The largest absolute Gasteiger partial charge is 0.383 e. The first-order valence-corrected chi connectivity index (χ1v) is 10.6. The van der Waals surface area contributed by atoms with Gasteiger partial charge in [-0.2, -0.15) is 5.26 Å². The van der Waals surface area contributed by atoms with Crippen molar-refractivity contribution in [3.63, 3.8) is 0 Å². The van der Waals surface area contributed by atoms with E-state index >= 15 is 0 Å². The number of aryl methyl sites for hydroxylation is 1. The number of ether oxygens (including phenoxy) is 3. The third-order valence-electron chi connectivity index (χ3n) is 4.61. The second kappa shape index (κ2) is 12.8. The predicted molar refractivity (Wildman–Crippen MR) is 122 cm³/mol. The van der Waals surface area contributed by atoms with E-state index in [1.54, 1.807) is 21.1 Å². The lowest BCUT2D eigenvalue weighted by molar-refractivity contribution is 0.0736. The number of rotatable bonds is 12. The molecule has 0 unspecified atom stereocenters. The van der Waals surface area contributed by atoms with Crippen molar-refractivity contribution < 1.29 is 14.2 Å². The molecule has 164 valence electrons. The summed E-state index contributed by atoms with van der Waals surface area (Å²) >= 11 is 1.19. The minimum atomic E-state index is 0.410. The highest BCUT2D eigenvalue weighted by Gasteiger charge is 2.14. The third kappa shape index (κ3) is 6.84. The summed E-state index contributed by atoms with van der Waals surface area (Å²) in [6.45, 7) is 14.8. The molecule has 1 heterocycles. The van der Waals surface area contributed by atoms with Gasteiger partial charge in [0.1, 0.15) is 11.1 Å². The SMILES string of the molecule is [C-]#[N+]c1sc(N=Nc2ccc(N(CCOC)CCOCCOC)cc2C)c(C#N)c1C.